The molecule has 2 bridgehead atoms. The first-order chi connectivity index (χ1) is 11.6. The molecule has 9 heteroatoms. The topological polar surface area (TPSA) is 112 Å². The van der Waals surface area contributed by atoms with Crippen LogP contribution < -0.4 is 0 Å². The molecule has 3 aliphatic heterocycles. The van der Waals surface area contributed by atoms with Crippen molar-refractivity contribution >= 4 is 29.4 Å². The van der Waals surface area contributed by atoms with Gasteiger partial charge < -0.3 is 29.2 Å². The third-order valence-corrected chi connectivity index (χ3v) is 7.64. The van der Waals surface area contributed by atoms with E-state index in [1.165, 1.54) is 6.92 Å². The van der Waals surface area contributed by atoms with Crippen molar-refractivity contribution in [2.24, 2.45) is 16.7 Å². The van der Waals surface area contributed by atoms with E-state index in [9.17, 15) is 19.8 Å². The minimum absolute atomic E-state index is 0.115. The maximum Gasteiger partial charge on any atom is 0.353 e. The van der Waals surface area contributed by atoms with E-state index in [1.807, 2.05) is 6.92 Å². The molecule has 0 radical (unpaired) electrons. The summed E-state index contributed by atoms with van der Waals surface area (Å²) in [6.07, 6.45) is -2.53. The number of aliphatic hydroxyl groups excluding tert-OH is 1. The first-order valence-electron chi connectivity index (χ1n) is 8.33. The third-order valence-electron chi connectivity index (χ3n) is 7.46. The third kappa shape index (κ3) is 1.24. The van der Waals surface area contributed by atoms with Gasteiger partial charge in [0, 0.05) is 18.6 Å². The van der Waals surface area contributed by atoms with Gasteiger partial charge in [-0.05, 0) is 19.3 Å². The van der Waals surface area contributed by atoms with Crippen LogP contribution in [0.3, 0.4) is 0 Å². The monoisotopic (exact) mass is 370 g/mol. The Morgan fingerprint density at radius 2 is 1.96 bits per heavy atom. The van der Waals surface area contributed by atoms with Crippen molar-refractivity contribution in [1.29, 1.82) is 0 Å². The Hall–Kier alpha value is -1.45. The van der Waals surface area contributed by atoms with Crippen LogP contribution in [0.15, 0.2) is 0 Å². The summed E-state index contributed by atoms with van der Waals surface area (Å²) in [6.45, 7) is 3.22. The van der Waals surface area contributed by atoms with Crippen LogP contribution in [0.25, 0.3) is 0 Å². The molecule has 2 aliphatic carbocycles. The van der Waals surface area contributed by atoms with Gasteiger partial charge in [-0.3, -0.25) is 4.79 Å². The van der Waals surface area contributed by atoms with E-state index < -0.39 is 52.3 Å². The van der Waals surface area contributed by atoms with Crippen LogP contribution in [0.2, 0.25) is 0 Å². The Bertz CT molecular complexity index is 736. The van der Waals surface area contributed by atoms with Crippen LogP contribution in [-0.2, 0) is 28.5 Å². The molecule has 8 atom stereocenters. The molecule has 0 aromatic heterocycles. The van der Waals surface area contributed by atoms with Gasteiger partial charge in [-0.1, -0.05) is 6.92 Å². The predicted molar refractivity (Wildman–Crippen MR) is 82.0 cm³/mol. The van der Waals surface area contributed by atoms with Gasteiger partial charge in [-0.15, -0.1) is 0 Å². The molecule has 0 aromatic rings. The zero-order valence-electron chi connectivity index (χ0n) is 13.7. The van der Waals surface area contributed by atoms with E-state index in [2.05, 4.69) is 0 Å². The van der Waals surface area contributed by atoms with Gasteiger partial charge in [-0.25, -0.2) is 4.79 Å². The lowest BCUT2D eigenvalue weighted by Gasteiger charge is -2.68. The molecule has 0 amide bonds. The number of cyclic esters (lactones) is 1. The van der Waals surface area contributed by atoms with Crippen LogP contribution in [0.5, 0.6) is 0 Å². The molecule has 3 spiro atoms. The molecule has 0 unspecified atom stereocenters. The smallest absolute Gasteiger partial charge is 0.353 e. The quantitative estimate of drug-likeness (QED) is 0.428. The summed E-state index contributed by atoms with van der Waals surface area (Å²) >= 11 is 5.10. The Kier molecular flexibility index (Phi) is 2.59. The number of esters is 2. The van der Waals surface area contributed by atoms with Crippen LogP contribution in [-0.4, -0.2) is 63.5 Å². The van der Waals surface area contributed by atoms with Gasteiger partial charge in [0.05, 0.1) is 5.41 Å². The average Bonchev–Trinajstić information content (AvgIpc) is 2.94. The summed E-state index contributed by atoms with van der Waals surface area (Å²) in [5.74, 6) is -1.69. The standard InChI is InChI=1S/C16H18O8S/c1-6-3-7-16(24-12(25)23-7)14(6)4-8(22-10(18)9(14)17)13(2,20)15(16)5-21-11(15)19/h6-9,17,20H,3-5H2,1-2H3/t6-,7-,8-,9+,13+,14+,15+,16-/m1/s1. The SMILES string of the molecule is C[C@@H]1C[C@H]2OC(=S)O[C@@]23[C@@]12C[C@@H](OC(=O)[C@@H]2O)[C@](C)(O)[C@@]31COC1=O. The molecule has 3 saturated heterocycles. The van der Waals surface area contributed by atoms with Gasteiger partial charge in [0.2, 0.25) is 0 Å². The summed E-state index contributed by atoms with van der Waals surface area (Å²) in [5, 5.41) is 22.1. The largest absolute Gasteiger partial charge is 0.463 e. The fourth-order valence-corrected chi connectivity index (χ4v) is 6.49. The molecule has 5 rings (SSSR count). The second-order valence-electron chi connectivity index (χ2n) is 8.03. The fourth-order valence-electron chi connectivity index (χ4n) is 6.24. The number of ether oxygens (including phenoxy) is 4. The average molecular weight is 370 g/mol. The van der Waals surface area contributed by atoms with Crippen LogP contribution in [0.4, 0.5) is 0 Å². The van der Waals surface area contributed by atoms with Gasteiger partial charge in [0.25, 0.3) is 0 Å². The summed E-state index contributed by atoms with van der Waals surface area (Å²) < 4.78 is 22.0. The zero-order chi connectivity index (χ0) is 18.0. The zero-order valence-corrected chi connectivity index (χ0v) is 14.5. The molecule has 136 valence electrons. The number of thiocarbonyl (C=S) groups is 1. The first kappa shape index (κ1) is 15.8. The minimum Gasteiger partial charge on any atom is -0.463 e. The van der Waals surface area contributed by atoms with E-state index in [-0.39, 0.29) is 24.2 Å². The normalized spacial score (nSPS) is 58.5. The first-order valence-corrected chi connectivity index (χ1v) is 8.74. The number of aliphatic hydroxyl groups is 2. The van der Waals surface area contributed by atoms with Gasteiger partial charge in [0.1, 0.15) is 24.4 Å². The van der Waals surface area contributed by atoms with Gasteiger partial charge >= 0.3 is 17.2 Å². The van der Waals surface area contributed by atoms with E-state index in [4.69, 9.17) is 31.2 Å². The lowest BCUT2D eigenvalue weighted by molar-refractivity contribution is -0.355. The highest BCUT2D eigenvalue weighted by Crippen LogP contribution is 2.75. The Balaban J connectivity index is 1.86. The maximum absolute atomic E-state index is 12.7. The minimum atomic E-state index is -1.74. The molecule has 8 nitrogen and oxygen atoms in total. The molecule has 0 aromatic carbocycles. The second kappa shape index (κ2) is 4.10. The number of hydrogen-bond acceptors (Lipinski definition) is 9. The molecule has 3 heterocycles. The summed E-state index contributed by atoms with van der Waals surface area (Å²) in [6, 6.07) is 0. The fraction of sp³-hybridized carbons (Fsp3) is 0.812. The maximum atomic E-state index is 12.7. The lowest BCUT2D eigenvalue weighted by Crippen LogP contribution is -2.87. The van der Waals surface area contributed by atoms with Crippen molar-refractivity contribution < 1.29 is 38.7 Å². The molecule has 2 N–H and O–H groups in total. The summed E-state index contributed by atoms with van der Waals surface area (Å²) in [4.78, 5) is 25.2. The summed E-state index contributed by atoms with van der Waals surface area (Å²) in [5.41, 5.74) is -5.89. The molecule has 5 aliphatic rings. The van der Waals surface area contributed by atoms with Crippen molar-refractivity contribution in [3.05, 3.63) is 0 Å². The Morgan fingerprint density at radius 1 is 1.24 bits per heavy atom. The Morgan fingerprint density at radius 3 is 2.56 bits per heavy atom. The van der Waals surface area contributed by atoms with E-state index in [0.717, 1.165) is 0 Å². The number of carbonyl (C=O) groups is 2. The van der Waals surface area contributed by atoms with Crippen LogP contribution >= 0.6 is 12.2 Å². The van der Waals surface area contributed by atoms with Crippen molar-refractivity contribution in [1.82, 2.24) is 0 Å². The van der Waals surface area contributed by atoms with Crippen molar-refractivity contribution in [2.75, 3.05) is 6.61 Å². The molecular weight excluding hydrogens is 352 g/mol. The van der Waals surface area contributed by atoms with Crippen LogP contribution in [0, 0.1) is 16.7 Å². The van der Waals surface area contributed by atoms with Crippen LogP contribution in [0.1, 0.15) is 26.7 Å². The van der Waals surface area contributed by atoms with Gasteiger partial charge in [-0.2, -0.15) is 0 Å². The van der Waals surface area contributed by atoms with E-state index in [1.54, 1.807) is 0 Å². The highest BCUT2D eigenvalue weighted by molar-refractivity contribution is 7.79. The number of carbonyl (C=O) groups excluding carboxylic acids is 2. The highest BCUT2D eigenvalue weighted by Gasteiger charge is 2.93. The lowest BCUT2D eigenvalue weighted by atomic mass is 9.42. The molecule has 5 fully saturated rings. The molecule has 2 saturated carbocycles. The van der Waals surface area contributed by atoms with Crippen molar-refractivity contribution in [3.8, 4) is 0 Å². The number of hydrogen-bond donors (Lipinski definition) is 2. The Labute approximate surface area is 148 Å². The van der Waals surface area contributed by atoms with Gasteiger partial charge in [0.15, 0.2) is 17.1 Å². The molecule has 25 heavy (non-hydrogen) atoms. The number of rotatable bonds is 0. The second-order valence-corrected chi connectivity index (χ2v) is 8.37. The highest BCUT2D eigenvalue weighted by atomic mass is 32.1. The molecular formula is C16H18O8S. The van der Waals surface area contributed by atoms with Crippen molar-refractivity contribution in [2.45, 2.75) is 56.2 Å². The predicted octanol–water partition coefficient (Wildman–Crippen LogP) is -0.564. The number of fused-ring (bicyclic) bond motifs is 1. The summed E-state index contributed by atoms with van der Waals surface area (Å²) in [7, 11) is 0. The van der Waals surface area contributed by atoms with E-state index in [0.29, 0.717) is 6.42 Å². The van der Waals surface area contributed by atoms with E-state index >= 15 is 0 Å². The van der Waals surface area contributed by atoms with Crippen molar-refractivity contribution in [3.63, 3.8) is 0 Å².